The number of hydrogen-bond donors (Lipinski definition) is 1. The Labute approximate surface area is 163 Å². The number of fused-ring (bicyclic) bond motifs is 2. The van der Waals surface area contributed by atoms with Gasteiger partial charge in [-0.25, -0.2) is 14.8 Å². The number of thioether (sulfide) groups is 1. The fourth-order valence-corrected chi connectivity index (χ4v) is 4.10. The molecule has 0 aliphatic carbocycles. The molecule has 0 spiro atoms. The maximum Gasteiger partial charge on any atom is 0.318 e. The molecular formula is C19H23N5O2S. The molecule has 1 aromatic carbocycles. The average molecular weight is 385 g/mol. The number of ether oxygens (including phenoxy) is 1. The number of hydrogen-bond acceptors (Lipinski definition) is 6. The van der Waals surface area contributed by atoms with Crippen molar-refractivity contribution in [3.8, 4) is 5.75 Å². The zero-order valence-electron chi connectivity index (χ0n) is 15.5. The highest BCUT2D eigenvalue weighted by atomic mass is 32.2. The van der Waals surface area contributed by atoms with Gasteiger partial charge < -0.3 is 19.9 Å². The van der Waals surface area contributed by atoms with Crippen LogP contribution in [0.1, 0.15) is 12.0 Å². The van der Waals surface area contributed by atoms with Crippen LogP contribution in [-0.4, -0.2) is 59.4 Å². The largest absolute Gasteiger partial charge is 0.497 e. The molecule has 2 bridgehead atoms. The molecule has 27 heavy (non-hydrogen) atoms. The molecule has 8 heteroatoms. The lowest BCUT2D eigenvalue weighted by Gasteiger charge is -2.56. The van der Waals surface area contributed by atoms with Gasteiger partial charge in [0.15, 0.2) is 5.16 Å². The molecule has 1 aromatic heterocycles. The van der Waals surface area contributed by atoms with Gasteiger partial charge in [0.05, 0.1) is 19.2 Å². The third-order valence-corrected chi connectivity index (χ3v) is 5.72. The molecule has 3 aliphatic heterocycles. The van der Waals surface area contributed by atoms with E-state index in [4.69, 9.17) is 4.74 Å². The normalized spacial score (nSPS) is 20.8. The second-order valence-corrected chi connectivity index (χ2v) is 7.54. The Morgan fingerprint density at radius 2 is 2.00 bits per heavy atom. The molecular weight excluding hydrogens is 362 g/mol. The van der Waals surface area contributed by atoms with Crippen LogP contribution in [0.4, 0.5) is 10.6 Å². The summed E-state index contributed by atoms with van der Waals surface area (Å²) in [7, 11) is 1.64. The quantitative estimate of drug-likeness (QED) is 0.629. The van der Waals surface area contributed by atoms with Gasteiger partial charge in [-0.2, -0.15) is 0 Å². The Hall–Kier alpha value is -2.48. The molecule has 3 aliphatic rings. The number of piperidine rings is 1. The maximum atomic E-state index is 12.6. The Morgan fingerprint density at radius 1 is 1.26 bits per heavy atom. The van der Waals surface area contributed by atoms with Crippen LogP contribution < -0.4 is 15.0 Å². The van der Waals surface area contributed by atoms with Crippen LogP contribution >= 0.6 is 11.8 Å². The van der Waals surface area contributed by atoms with Crippen molar-refractivity contribution < 1.29 is 9.53 Å². The zero-order valence-corrected chi connectivity index (χ0v) is 16.3. The van der Waals surface area contributed by atoms with Crippen molar-refractivity contribution >= 4 is 23.6 Å². The number of aromatic nitrogens is 2. The first kappa shape index (κ1) is 17.9. The molecule has 2 unspecified atom stereocenters. The van der Waals surface area contributed by atoms with Crippen LogP contribution in [0.3, 0.4) is 0 Å². The van der Waals surface area contributed by atoms with E-state index >= 15 is 0 Å². The molecule has 3 fully saturated rings. The van der Waals surface area contributed by atoms with E-state index in [-0.39, 0.29) is 18.1 Å². The van der Waals surface area contributed by atoms with Gasteiger partial charge >= 0.3 is 6.03 Å². The van der Waals surface area contributed by atoms with E-state index in [9.17, 15) is 4.79 Å². The lowest BCUT2D eigenvalue weighted by molar-refractivity contribution is 0.0364. The molecule has 0 saturated carbocycles. The van der Waals surface area contributed by atoms with Gasteiger partial charge in [-0.15, -0.1) is 0 Å². The van der Waals surface area contributed by atoms with Crippen molar-refractivity contribution in [2.75, 3.05) is 31.4 Å². The monoisotopic (exact) mass is 385 g/mol. The Morgan fingerprint density at radius 3 is 2.67 bits per heavy atom. The van der Waals surface area contributed by atoms with Gasteiger partial charge in [0.1, 0.15) is 11.6 Å². The summed E-state index contributed by atoms with van der Waals surface area (Å²) in [5, 5.41) is 3.82. The molecule has 2 aromatic rings. The van der Waals surface area contributed by atoms with Gasteiger partial charge in [-0.3, -0.25) is 0 Å². The van der Waals surface area contributed by atoms with Crippen molar-refractivity contribution in [3.05, 3.63) is 42.1 Å². The van der Waals surface area contributed by atoms with Gasteiger partial charge in [-0.05, 0) is 36.4 Å². The second kappa shape index (κ2) is 7.64. The lowest BCUT2D eigenvalue weighted by Crippen LogP contribution is -2.71. The predicted molar refractivity (Wildman–Crippen MR) is 105 cm³/mol. The first-order chi connectivity index (χ1) is 13.2. The van der Waals surface area contributed by atoms with E-state index in [1.165, 1.54) is 11.8 Å². The van der Waals surface area contributed by atoms with E-state index < -0.39 is 0 Å². The van der Waals surface area contributed by atoms with E-state index in [1.54, 1.807) is 13.3 Å². The first-order valence-corrected chi connectivity index (χ1v) is 10.2. The Balaban J connectivity index is 1.33. The summed E-state index contributed by atoms with van der Waals surface area (Å²) in [6.07, 6.45) is 4.84. The predicted octanol–water partition coefficient (Wildman–Crippen LogP) is 2.38. The van der Waals surface area contributed by atoms with E-state index in [0.29, 0.717) is 6.54 Å². The number of nitrogens with zero attached hydrogens (tertiary/aromatic N) is 4. The van der Waals surface area contributed by atoms with Gasteiger partial charge in [0.2, 0.25) is 0 Å². The SMILES string of the molecule is COc1ccc(CNC(=O)N2C3CC2CN(c2ccnc(SC)n2)C3)cc1. The summed E-state index contributed by atoms with van der Waals surface area (Å²) < 4.78 is 5.16. The number of urea groups is 1. The molecule has 142 valence electrons. The molecule has 7 nitrogen and oxygen atoms in total. The number of carbonyl (C=O) groups excluding carboxylic acids is 1. The summed E-state index contributed by atoms with van der Waals surface area (Å²) in [6.45, 7) is 2.15. The summed E-state index contributed by atoms with van der Waals surface area (Å²) in [5.41, 5.74) is 1.06. The number of nitrogens with one attached hydrogen (secondary N) is 1. The number of anilines is 1. The summed E-state index contributed by atoms with van der Waals surface area (Å²) in [5.74, 6) is 1.76. The van der Waals surface area contributed by atoms with Crippen LogP contribution in [0.2, 0.25) is 0 Å². The van der Waals surface area contributed by atoms with Gasteiger partial charge in [0.25, 0.3) is 0 Å². The fraction of sp³-hybridized carbons (Fsp3) is 0.421. The second-order valence-electron chi connectivity index (χ2n) is 6.76. The van der Waals surface area contributed by atoms with Crippen molar-refractivity contribution in [2.45, 2.75) is 30.2 Å². The summed E-state index contributed by atoms with van der Waals surface area (Å²) in [4.78, 5) is 25.7. The van der Waals surface area contributed by atoms with Crippen molar-refractivity contribution in [3.63, 3.8) is 0 Å². The Kier molecular flexibility index (Phi) is 5.07. The van der Waals surface area contributed by atoms with Crippen LogP contribution in [0.5, 0.6) is 5.75 Å². The smallest absolute Gasteiger partial charge is 0.318 e. The number of carbonyl (C=O) groups is 1. The van der Waals surface area contributed by atoms with E-state index in [1.807, 2.05) is 41.5 Å². The first-order valence-electron chi connectivity index (χ1n) is 8.99. The van der Waals surface area contributed by atoms with Gasteiger partial charge in [-0.1, -0.05) is 23.9 Å². The lowest BCUT2D eigenvalue weighted by atomic mass is 9.88. The van der Waals surface area contributed by atoms with Gasteiger partial charge in [0, 0.05) is 25.8 Å². The third-order valence-electron chi connectivity index (χ3n) is 5.16. The van der Waals surface area contributed by atoms with Crippen molar-refractivity contribution in [1.29, 1.82) is 0 Å². The van der Waals surface area contributed by atoms with Crippen LogP contribution in [0.25, 0.3) is 0 Å². The average Bonchev–Trinajstić information content (AvgIpc) is 2.72. The standard InChI is InChI=1S/C19H23N5O2S/c1-26-16-5-3-13(4-6-16)10-21-19(25)24-14-9-15(24)12-23(11-14)17-7-8-20-18(22-17)27-2/h3-8,14-15H,9-12H2,1-2H3,(H,21,25). The number of benzene rings is 1. The van der Waals surface area contributed by atoms with E-state index in [2.05, 4.69) is 20.2 Å². The minimum atomic E-state index is 0.0132. The minimum Gasteiger partial charge on any atom is -0.497 e. The third kappa shape index (κ3) is 3.66. The highest BCUT2D eigenvalue weighted by molar-refractivity contribution is 7.98. The maximum absolute atomic E-state index is 12.6. The zero-order chi connectivity index (χ0) is 18.8. The fourth-order valence-electron chi connectivity index (χ4n) is 3.75. The van der Waals surface area contributed by atoms with Crippen LogP contribution in [0.15, 0.2) is 41.7 Å². The molecule has 3 saturated heterocycles. The highest BCUT2D eigenvalue weighted by Gasteiger charge is 2.47. The Bertz CT molecular complexity index is 804. The van der Waals surface area contributed by atoms with Crippen molar-refractivity contribution in [2.24, 2.45) is 0 Å². The summed E-state index contributed by atoms with van der Waals surface area (Å²) in [6, 6.07) is 10.2. The number of methoxy groups -OCH3 is 1. The van der Waals surface area contributed by atoms with Crippen LogP contribution in [-0.2, 0) is 6.54 Å². The molecule has 4 heterocycles. The minimum absolute atomic E-state index is 0.0132. The number of rotatable bonds is 5. The topological polar surface area (TPSA) is 70.6 Å². The number of amides is 2. The molecule has 5 rings (SSSR count). The number of piperazine rings is 1. The van der Waals surface area contributed by atoms with E-state index in [0.717, 1.165) is 41.8 Å². The van der Waals surface area contributed by atoms with Crippen molar-refractivity contribution in [1.82, 2.24) is 20.2 Å². The van der Waals surface area contributed by atoms with Crippen LogP contribution in [0, 0.1) is 0 Å². The molecule has 0 radical (unpaired) electrons. The molecule has 1 N–H and O–H groups in total. The summed E-state index contributed by atoms with van der Waals surface area (Å²) >= 11 is 1.54. The molecule has 2 atom stereocenters. The molecule has 2 amide bonds. The highest BCUT2D eigenvalue weighted by Crippen LogP contribution is 2.34.